The van der Waals surface area contributed by atoms with Crippen LogP contribution in [0.1, 0.15) is 27.2 Å². The van der Waals surface area contributed by atoms with E-state index in [4.69, 9.17) is 5.73 Å². The molecule has 0 aromatic rings. The lowest BCUT2D eigenvalue weighted by Crippen LogP contribution is -2.30. The zero-order chi connectivity index (χ0) is 9.07. The fourth-order valence-electron chi connectivity index (χ4n) is 0.999. The van der Waals surface area contributed by atoms with Gasteiger partial charge in [-0.3, -0.25) is 4.52 Å². The lowest BCUT2D eigenvalue weighted by atomic mass is 10.0. The summed E-state index contributed by atoms with van der Waals surface area (Å²) in [6, 6.07) is -0.111. The van der Waals surface area contributed by atoms with Gasteiger partial charge in [-0.1, -0.05) is 0 Å². The number of hydrogen-bond donors (Lipinski definition) is 1. The molecule has 0 saturated heterocycles. The van der Waals surface area contributed by atoms with Gasteiger partial charge in [0.05, 0.1) is 5.60 Å². The van der Waals surface area contributed by atoms with E-state index in [2.05, 4.69) is 4.52 Å². The first-order valence-corrected chi connectivity index (χ1v) is 4.44. The average Bonchev–Trinajstić information content (AvgIpc) is 1.53. The van der Waals surface area contributed by atoms with E-state index in [1.807, 2.05) is 0 Å². The first kappa shape index (κ1) is 11.2. The molecule has 1 atom stereocenters. The maximum absolute atomic E-state index is 11.8. The van der Waals surface area contributed by atoms with Crippen molar-refractivity contribution >= 4 is 8.77 Å². The molecule has 2 nitrogen and oxygen atoms in total. The van der Waals surface area contributed by atoms with Crippen molar-refractivity contribution in [1.29, 1.82) is 0 Å². The molecule has 0 bridgehead atoms. The number of hydrogen-bond acceptors (Lipinski definition) is 2. The Labute approximate surface area is 67.2 Å². The smallest absolute Gasteiger partial charge is 0.328 e. The van der Waals surface area contributed by atoms with Gasteiger partial charge in [-0.25, -0.2) is 0 Å². The third-order valence-corrected chi connectivity index (χ3v) is 1.76. The van der Waals surface area contributed by atoms with Crippen molar-refractivity contribution in [1.82, 2.24) is 0 Å². The summed E-state index contributed by atoms with van der Waals surface area (Å²) in [5, 5.41) is 0. The summed E-state index contributed by atoms with van der Waals surface area (Å²) < 4.78 is 28.0. The lowest BCUT2D eigenvalue weighted by molar-refractivity contribution is 0.0930. The lowest BCUT2D eigenvalue weighted by Gasteiger charge is -2.25. The predicted octanol–water partition coefficient (Wildman–Crippen LogP) is 2.68. The summed E-state index contributed by atoms with van der Waals surface area (Å²) in [6.07, 6.45) is 0.444. The van der Waals surface area contributed by atoms with Crippen LogP contribution in [0.25, 0.3) is 0 Å². The molecule has 0 amide bonds. The van der Waals surface area contributed by atoms with Crippen molar-refractivity contribution in [3.05, 3.63) is 0 Å². The van der Waals surface area contributed by atoms with Crippen LogP contribution in [0, 0.1) is 0 Å². The van der Waals surface area contributed by atoms with Gasteiger partial charge >= 0.3 is 8.77 Å². The number of nitrogens with two attached hydrogens (primary N) is 1. The monoisotopic (exact) mass is 185 g/mol. The molecular weight excluding hydrogens is 171 g/mol. The third kappa shape index (κ3) is 6.60. The third-order valence-electron chi connectivity index (χ3n) is 1.13. The van der Waals surface area contributed by atoms with E-state index in [9.17, 15) is 8.39 Å². The molecular formula is C6H14F2NOP. The second kappa shape index (κ2) is 4.29. The van der Waals surface area contributed by atoms with Crippen molar-refractivity contribution in [3.63, 3.8) is 0 Å². The number of rotatable bonds is 4. The second-order valence-corrected chi connectivity index (χ2v) is 3.82. The first-order chi connectivity index (χ1) is 4.83. The highest BCUT2D eigenvalue weighted by Crippen LogP contribution is 2.45. The minimum atomic E-state index is -3.27. The average molecular weight is 185 g/mol. The predicted molar refractivity (Wildman–Crippen MR) is 42.6 cm³/mol. The molecule has 5 heteroatoms. The highest BCUT2D eigenvalue weighted by molar-refractivity contribution is 7.40. The minimum Gasteiger partial charge on any atom is -0.328 e. The summed E-state index contributed by atoms with van der Waals surface area (Å²) in [6.45, 7) is 5.00. The summed E-state index contributed by atoms with van der Waals surface area (Å²) in [5.41, 5.74) is 4.63. The zero-order valence-electron chi connectivity index (χ0n) is 6.97. The van der Waals surface area contributed by atoms with Crippen LogP contribution in [0.15, 0.2) is 0 Å². The van der Waals surface area contributed by atoms with E-state index in [1.54, 1.807) is 20.8 Å². The van der Waals surface area contributed by atoms with Crippen LogP contribution in [0.4, 0.5) is 8.39 Å². The molecule has 11 heavy (non-hydrogen) atoms. The van der Waals surface area contributed by atoms with Crippen LogP contribution in [0.3, 0.4) is 0 Å². The van der Waals surface area contributed by atoms with E-state index in [0.717, 1.165) is 0 Å². The van der Waals surface area contributed by atoms with Crippen LogP contribution >= 0.6 is 8.77 Å². The van der Waals surface area contributed by atoms with Crippen LogP contribution < -0.4 is 5.73 Å². The van der Waals surface area contributed by atoms with Gasteiger partial charge in [0.25, 0.3) is 0 Å². The van der Waals surface area contributed by atoms with Gasteiger partial charge in [0.15, 0.2) is 0 Å². The summed E-state index contributed by atoms with van der Waals surface area (Å²) >= 11 is 0. The highest BCUT2D eigenvalue weighted by atomic mass is 31.2. The maximum Gasteiger partial charge on any atom is 0.415 e. The van der Waals surface area contributed by atoms with Crippen LogP contribution in [0.5, 0.6) is 0 Å². The van der Waals surface area contributed by atoms with Gasteiger partial charge in [0.1, 0.15) is 0 Å². The molecule has 68 valence electrons. The first-order valence-electron chi connectivity index (χ1n) is 3.40. The Morgan fingerprint density at radius 3 is 2.27 bits per heavy atom. The Bertz CT molecular complexity index is 107. The van der Waals surface area contributed by atoms with Gasteiger partial charge in [-0.2, -0.15) is 8.39 Å². The second-order valence-electron chi connectivity index (χ2n) is 3.23. The summed E-state index contributed by atoms with van der Waals surface area (Å²) in [4.78, 5) is 0. The Morgan fingerprint density at radius 1 is 1.55 bits per heavy atom. The number of halogens is 2. The molecule has 1 unspecified atom stereocenters. The molecule has 0 rings (SSSR count). The van der Waals surface area contributed by atoms with E-state index in [0.29, 0.717) is 6.42 Å². The molecule has 0 radical (unpaired) electrons. The highest BCUT2D eigenvalue weighted by Gasteiger charge is 2.25. The van der Waals surface area contributed by atoms with Gasteiger partial charge in [-0.05, 0) is 27.2 Å². The molecule has 0 heterocycles. The van der Waals surface area contributed by atoms with Crippen molar-refractivity contribution in [2.75, 3.05) is 0 Å². The van der Waals surface area contributed by atoms with Crippen molar-refractivity contribution in [3.8, 4) is 0 Å². The standard InChI is InChI=1S/C6H14F2NOP/c1-5(9)4-6(2,3)10-11(7)8/h5H,4,9H2,1-3H3. The molecule has 0 aliphatic heterocycles. The van der Waals surface area contributed by atoms with E-state index in [-0.39, 0.29) is 6.04 Å². The Kier molecular flexibility index (Phi) is 4.37. The Morgan fingerprint density at radius 2 is 2.00 bits per heavy atom. The quantitative estimate of drug-likeness (QED) is 0.683. The largest absolute Gasteiger partial charge is 0.415 e. The minimum absolute atomic E-state index is 0.111. The van der Waals surface area contributed by atoms with Crippen molar-refractivity contribution < 1.29 is 12.9 Å². The van der Waals surface area contributed by atoms with E-state index >= 15 is 0 Å². The van der Waals surface area contributed by atoms with Gasteiger partial charge in [0.2, 0.25) is 0 Å². The molecule has 0 spiro atoms. The molecule has 0 aromatic carbocycles. The van der Waals surface area contributed by atoms with Gasteiger partial charge in [-0.15, -0.1) is 0 Å². The van der Waals surface area contributed by atoms with Crippen molar-refractivity contribution in [2.24, 2.45) is 5.73 Å². The van der Waals surface area contributed by atoms with Crippen LogP contribution in [0.2, 0.25) is 0 Å². The van der Waals surface area contributed by atoms with Gasteiger partial charge in [0, 0.05) is 6.04 Å². The molecule has 0 aliphatic carbocycles. The normalized spacial score (nSPS) is 15.5. The van der Waals surface area contributed by atoms with E-state index in [1.165, 1.54) is 0 Å². The Balaban J connectivity index is 3.79. The maximum atomic E-state index is 11.8. The summed E-state index contributed by atoms with van der Waals surface area (Å²) in [5.74, 6) is 0. The molecule has 2 N–H and O–H groups in total. The molecule has 0 aliphatic rings. The molecule has 0 fully saturated rings. The fourth-order valence-corrected chi connectivity index (χ4v) is 1.45. The van der Waals surface area contributed by atoms with Crippen LogP contribution in [-0.2, 0) is 4.52 Å². The Hall–Kier alpha value is 0.210. The molecule has 0 aromatic heterocycles. The van der Waals surface area contributed by atoms with Crippen molar-refractivity contribution in [2.45, 2.75) is 38.8 Å². The van der Waals surface area contributed by atoms with Crippen LogP contribution in [-0.4, -0.2) is 11.6 Å². The topological polar surface area (TPSA) is 35.2 Å². The molecule has 0 saturated carbocycles. The summed E-state index contributed by atoms with van der Waals surface area (Å²) in [7, 11) is -3.27. The van der Waals surface area contributed by atoms with E-state index < -0.39 is 14.4 Å². The van der Waals surface area contributed by atoms with Gasteiger partial charge < -0.3 is 5.73 Å². The fraction of sp³-hybridized carbons (Fsp3) is 1.00. The SMILES string of the molecule is CC(N)CC(C)(C)OP(F)F. The zero-order valence-corrected chi connectivity index (χ0v) is 7.87.